The zero-order valence-electron chi connectivity index (χ0n) is 11.6. The summed E-state index contributed by atoms with van der Waals surface area (Å²) in [6, 6.07) is 15.2. The topological polar surface area (TPSA) is 38.3 Å². The Kier molecular flexibility index (Phi) is 4.56. The first kappa shape index (κ1) is 13.9. The molecule has 0 atom stereocenters. The van der Waals surface area contributed by atoms with E-state index in [1.54, 1.807) is 13.2 Å². The lowest BCUT2D eigenvalue weighted by atomic mass is 10.2. The Morgan fingerprint density at radius 3 is 2.70 bits per heavy atom. The highest BCUT2D eigenvalue weighted by atomic mass is 16.5. The number of carbonyl (C=O) groups excluding carboxylic acids is 1. The second-order valence-corrected chi connectivity index (χ2v) is 4.43. The van der Waals surface area contributed by atoms with Gasteiger partial charge in [-0.2, -0.15) is 0 Å². The fraction of sp³-hybridized carbons (Fsp3) is 0.118. The number of ether oxygens (including phenoxy) is 1. The van der Waals surface area contributed by atoms with Crippen molar-refractivity contribution in [2.45, 2.75) is 6.92 Å². The lowest BCUT2D eigenvalue weighted by Gasteiger charge is -2.04. The predicted octanol–water partition coefficient (Wildman–Crippen LogP) is 3.66. The lowest BCUT2D eigenvalue weighted by Crippen LogP contribution is -2.07. The zero-order valence-corrected chi connectivity index (χ0v) is 11.6. The average Bonchev–Trinajstić information content (AvgIpc) is 2.45. The molecule has 0 aliphatic rings. The monoisotopic (exact) mass is 267 g/mol. The summed E-state index contributed by atoms with van der Waals surface area (Å²) in [5.41, 5.74) is 2.77. The molecule has 0 saturated heterocycles. The Morgan fingerprint density at radius 1 is 1.15 bits per heavy atom. The third kappa shape index (κ3) is 3.72. The van der Waals surface area contributed by atoms with Crippen LogP contribution in [0.3, 0.4) is 0 Å². The molecule has 0 spiro atoms. The molecule has 0 aliphatic carbocycles. The summed E-state index contributed by atoms with van der Waals surface area (Å²) in [5.74, 6) is 0.577. The van der Waals surface area contributed by atoms with Gasteiger partial charge in [0.25, 0.3) is 0 Å². The minimum Gasteiger partial charge on any atom is -0.496 e. The van der Waals surface area contributed by atoms with Crippen LogP contribution >= 0.6 is 0 Å². The molecular weight excluding hydrogens is 250 g/mol. The first-order chi connectivity index (χ1) is 9.69. The standard InChI is InChI=1S/C17H17NO2/c1-13-6-5-8-15(12-13)18-17(19)11-10-14-7-3-4-9-16(14)20-2/h3-12H,1-2H3,(H,18,19). The summed E-state index contributed by atoms with van der Waals surface area (Å²) in [5, 5.41) is 2.82. The number of nitrogens with one attached hydrogen (secondary N) is 1. The van der Waals surface area contributed by atoms with Crippen LogP contribution in [0, 0.1) is 6.92 Å². The fourth-order valence-corrected chi connectivity index (χ4v) is 1.88. The molecule has 1 amide bonds. The van der Waals surface area contributed by atoms with E-state index in [0.717, 1.165) is 22.6 Å². The molecular formula is C17H17NO2. The van der Waals surface area contributed by atoms with Gasteiger partial charge in [-0.25, -0.2) is 0 Å². The van der Waals surface area contributed by atoms with Gasteiger partial charge < -0.3 is 10.1 Å². The van der Waals surface area contributed by atoms with Crippen molar-refractivity contribution in [3.05, 3.63) is 65.7 Å². The maximum absolute atomic E-state index is 11.9. The van der Waals surface area contributed by atoms with Gasteiger partial charge in [0.1, 0.15) is 5.75 Å². The highest BCUT2D eigenvalue weighted by molar-refractivity contribution is 6.02. The molecule has 0 bridgehead atoms. The molecule has 102 valence electrons. The van der Waals surface area contributed by atoms with Crippen LogP contribution in [0.25, 0.3) is 6.08 Å². The molecule has 0 aliphatic heterocycles. The smallest absolute Gasteiger partial charge is 0.248 e. The fourth-order valence-electron chi connectivity index (χ4n) is 1.88. The number of rotatable bonds is 4. The van der Waals surface area contributed by atoms with Gasteiger partial charge in [-0.3, -0.25) is 4.79 Å². The summed E-state index contributed by atoms with van der Waals surface area (Å²) in [4.78, 5) is 11.9. The molecule has 0 unspecified atom stereocenters. The van der Waals surface area contributed by atoms with Crippen molar-refractivity contribution in [1.29, 1.82) is 0 Å². The number of anilines is 1. The third-order valence-electron chi connectivity index (χ3n) is 2.84. The van der Waals surface area contributed by atoms with E-state index in [2.05, 4.69) is 5.32 Å². The molecule has 2 aromatic rings. The largest absolute Gasteiger partial charge is 0.496 e. The van der Waals surface area contributed by atoms with Crippen LogP contribution in [0.15, 0.2) is 54.6 Å². The summed E-state index contributed by atoms with van der Waals surface area (Å²) < 4.78 is 5.23. The Labute approximate surface area is 118 Å². The number of aryl methyl sites for hydroxylation is 1. The van der Waals surface area contributed by atoms with E-state index < -0.39 is 0 Å². The average molecular weight is 267 g/mol. The lowest BCUT2D eigenvalue weighted by molar-refractivity contribution is -0.111. The van der Waals surface area contributed by atoms with Crippen LogP contribution in [0.1, 0.15) is 11.1 Å². The van der Waals surface area contributed by atoms with E-state index in [1.165, 1.54) is 6.08 Å². The minimum absolute atomic E-state index is 0.165. The number of methoxy groups -OCH3 is 1. The van der Waals surface area contributed by atoms with Crippen LogP contribution in [0.5, 0.6) is 5.75 Å². The maximum Gasteiger partial charge on any atom is 0.248 e. The van der Waals surface area contributed by atoms with Crippen LogP contribution in [-0.4, -0.2) is 13.0 Å². The van der Waals surface area contributed by atoms with E-state index in [0.29, 0.717) is 0 Å². The Hall–Kier alpha value is -2.55. The SMILES string of the molecule is COc1ccccc1C=CC(=O)Nc1cccc(C)c1. The number of para-hydroxylation sites is 1. The summed E-state index contributed by atoms with van der Waals surface area (Å²) in [7, 11) is 1.61. The molecule has 2 aromatic carbocycles. The van der Waals surface area contributed by atoms with Crippen molar-refractivity contribution >= 4 is 17.7 Å². The normalized spacial score (nSPS) is 10.5. The van der Waals surface area contributed by atoms with Crippen molar-refractivity contribution in [3.63, 3.8) is 0 Å². The first-order valence-electron chi connectivity index (χ1n) is 6.38. The number of hydrogen-bond acceptors (Lipinski definition) is 2. The van der Waals surface area contributed by atoms with Gasteiger partial charge in [-0.15, -0.1) is 0 Å². The van der Waals surface area contributed by atoms with Crippen LogP contribution in [0.4, 0.5) is 5.69 Å². The number of carbonyl (C=O) groups is 1. The van der Waals surface area contributed by atoms with E-state index >= 15 is 0 Å². The molecule has 3 heteroatoms. The van der Waals surface area contributed by atoms with Gasteiger partial charge in [0.05, 0.1) is 7.11 Å². The van der Waals surface area contributed by atoms with Crippen LogP contribution in [0.2, 0.25) is 0 Å². The van der Waals surface area contributed by atoms with Crippen molar-refractivity contribution < 1.29 is 9.53 Å². The summed E-state index contributed by atoms with van der Waals surface area (Å²) in [6.45, 7) is 1.99. The molecule has 0 heterocycles. The third-order valence-corrected chi connectivity index (χ3v) is 2.84. The molecule has 1 N–H and O–H groups in total. The first-order valence-corrected chi connectivity index (χ1v) is 6.38. The summed E-state index contributed by atoms with van der Waals surface area (Å²) in [6.07, 6.45) is 3.24. The number of amides is 1. The second kappa shape index (κ2) is 6.57. The number of hydrogen-bond donors (Lipinski definition) is 1. The molecule has 20 heavy (non-hydrogen) atoms. The molecule has 0 saturated carbocycles. The maximum atomic E-state index is 11.9. The number of benzene rings is 2. The van der Waals surface area contributed by atoms with Gasteiger partial charge >= 0.3 is 0 Å². The quantitative estimate of drug-likeness (QED) is 0.859. The van der Waals surface area contributed by atoms with Gasteiger partial charge in [-0.1, -0.05) is 30.3 Å². The molecule has 0 aromatic heterocycles. The van der Waals surface area contributed by atoms with Crippen molar-refractivity contribution in [2.24, 2.45) is 0 Å². The van der Waals surface area contributed by atoms with Crippen molar-refractivity contribution in [2.75, 3.05) is 12.4 Å². The van der Waals surface area contributed by atoms with E-state index in [-0.39, 0.29) is 5.91 Å². The molecule has 0 radical (unpaired) electrons. The van der Waals surface area contributed by atoms with Crippen molar-refractivity contribution in [1.82, 2.24) is 0 Å². The minimum atomic E-state index is -0.165. The van der Waals surface area contributed by atoms with Gasteiger partial charge in [0, 0.05) is 17.3 Å². The highest BCUT2D eigenvalue weighted by Crippen LogP contribution is 2.18. The van der Waals surface area contributed by atoms with E-state index in [1.807, 2.05) is 55.5 Å². The Balaban J connectivity index is 2.06. The Morgan fingerprint density at radius 2 is 1.95 bits per heavy atom. The summed E-state index contributed by atoms with van der Waals surface area (Å²) >= 11 is 0. The van der Waals surface area contributed by atoms with Crippen LogP contribution in [-0.2, 0) is 4.79 Å². The second-order valence-electron chi connectivity index (χ2n) is 4.43. The van der Waals surface area contributed by atoms with Crippen LogP contribution < -0.4 is 10.1 Å². The van der Waals surface area contributed by atoms with Gasteiger partial charge in [0.15, 0.2) is 0 Å². The van der Waals surface area contributed by atoms with Gasteiger partial charge in [-0.05, 0) is 36.8 Å². The van der Waals surface area contributed by atoms with Gasteiger partial charge in [0.2, 0.25) is 5.91 Å². The predicted molar refractivity (Wildman–Crippen MR) is 81.8 cm³/mol. The molecule has 0 fully saturated rings. The molecule has 3 nitrogen and oxygen atoms in total. The van der Waals surface area contributed by atoms with E-state index in [4.69, 9.17) is 4.74 Å². The Bertz CT molecular complexity index is 632. The van der Waals surface area contributed by atoms with E-state index in [9.17, 15) is 4.79 Å². The van der Waals surface area contributed by atoms with Crippen molar-refractivity contribution in [3.8, 4) is 5.75 Å². The zero-order chi connectivity index (χ0) is 14.4. The highest BCUT2D eigenvalue weighted by Gasteiger charge is 2.00. The molecule has 2 rings (SSSR count).